The molecule has 4 bridgehead atoms. The number of aromatic nitrogens is 2. The summed E-state index contributed by atoms with van der Waals surface area (Å²) >= 11 is 1.03. The zero-order chi connectivity index (χ0) is 22.4. The van der Waals surface area contributed by atoms with E-state index < -0.39 is 0 Å². The molecule has 0 fully saturated rings. The molecule has 168 valence electrons. The molecule has 1 aromatic carbocycles. The van der Waals surface area contributed by atoms with Crippen molar-refractivity contribution < 1.29 is 14.3 Å². The highest BCUT2D eigenvalue weighted by Gasteiger charge is 2.20. The summed E-state index contributed by atoms with van der Waals surface area (Å²) in [5.74, 6) is -0.162. The van der Waals surface area contributed by atoms with Crippen LogP contribution in [-0.2, 0) is 16.1 Å². The van der Waals surface area contributed by atoms with E-state index in [0.29, 0.717) is 35.1 Å². The van der Waals surface area contributed by atoms with Crippen molar-refractivity contribution in [2.45, 2.75) is 38.3 Å². The number of nitrogens with two attached hydrogens (primary N) is 1. The molecule has 9 heteroatoms. The van der Waals surface area contributed by atoms with E-state index >= 15 is 0 Å². The average molecular weight is 446 g/mol. The third-order valence-electron chi connectivity index (χ3n) is 5.45. The summed E-state index contributed by atoms with van der Waals surface area (Å²) in [6.45, 7) is 8.03. The highest BCUT2D eigenvalue weighted by Crippen LogP contribution is 2.28. The lowest BCUT2D eigenvalue weighted by Gasteiger charge is -2.21. The summed E-state index contributed by atoms with van der Waals surface area (Å²) in [6, 6.07) is 5.78. The maximum absolute atomic E-state index is 12.7. The fourth-order valence-corrected chi connectivity index (χ4v) is 4.51. The van der Waals surface area contributed by atoms with Gasteiger partial charge in [-0.1, -0.05) is 11.1 Å². The fourth-order valence-electron chi connectivity index (χ4n) is 3.72. The molecule has 8 nitrogen and oxygen atoms in total. The van der Waals surface area contributed by atoms with Crippen LogP contribution in [0.4, 0.5) is 5.95 Å². The van der Waals surface area contributed by atoms with E-state index in [4.69, 9.17) is 10.5 Å². The molecule has 0 unspecified atom stereocenters. The third kappa shape index (κ3) is 6.16. The van der Waals surface area contributed by atoms with Gasteiger partial charge in [-0.2, -0.15) is 0 Å². The first-order valence-electron chi connectivity index (χ1n) is 10.5. The first-order chi connectivity index (χ1) is 14.9. The maximum atomic E-state index is 12.7. The lowest BCUT2D eigenvalue weighted by atomic mass is 9.97. The van der Waals surface area contributed by atoms with E-state index in [-0.39, 0.29) is 11.1 Å². The predicted octanol–water partition coefficient (Wildman–Crippen LogP) is 2.03. The number of carbonyl (C=O) groups is 1. The number of hydrogen-bond acceptors (Lipinski definition) is 8. The monoisotopic (exact) mass is 445 g/mol. The van der Waals surface area contributed by atoms with Crippen LogP contribution in [0, 0.1) is 19.1 Å². The van der Waals surface area contributed by atoms with Gasteiger partial charge in [0.1, 0.15) is 5.69 Å². The van der Waals surface area contributed by atoms with Gasteiger partial charge in [0.15, 0.2) is 5.03 Å². The Bertz CT molecular complexity index is 938. The van der Waals surface area contributed by atoms with Crippen molar-refractivity contribution in [3.05, 3.63) is 40.1 Å². The van der Waals surface area contributed by atoms with Gasteiger partial charge < -0.3 is 15.3 Å². The number of nitrogen functional groups attached to an aromatic ring is 1. The smallest absolute Gasteiger partial charge is 0.391 e. The van der Waals surface area contributed by atoms with Gasteiger partial charge in [-0.3, -0.25) is 15.4 Å². The van der Waals surface area contributed by atoms with Crippen LogP contribution in [-0.4, -0.2) is 54.9 Å². The Morgan fingerprint density at radius 1 is 1.29 bits per heavy atom. The number of rotatable bonds is 3. The number of benzene rings is 1. The van der Waals surface area contributed by atoms with E-state index in [1.165, 1.54) is 5.56 Å². The third-order valence-corrected chi connectivity index (χ3v) is 6.22. The Balaban J connectivity index is 1.98. The van der Waals surface area contributed by atoms with Gasteiger partial charge in [0, 0.05) is 31.8 Å². The molecular formula is C22H31N5O3S. The Morgan fingerprint density at radius 2 is 2.10 bits per heavy atom. The molecule has 31 heavy (non-hydrogen) atoms. The SMILES string of the molecule is COCCN1CCCCNCc2cc(c(C)cc2C)-c2cc(nc(N)[n+]2[O-])SC(=O)C1. The van der Waals surface area contributed by atoms with Gasteiger partial charge in [-0.25, -0.2) is 4.73 Å². The van der Waals surface area contributed by atoms with Gasteiger partial charge in [0.25, 0.3) is 0 Å². The highest BCUT2D eigenvalue weighted by molar-refractivity contribution is 8.13. The van der Waals surface area contributed by atoms with Crippen molar-refractivity contribution in [1.82, 2.24) is 15.2 Å². The lowest BCUT2D eigenvalue weighted by Crippen LogP contribution is -2.35. The molecule has 0 saturated carbocycles. The minimum absolute atomic E-state index is 0.0378. The van der Waals surface area contributed by atoms with Crippen LogP contribution in [0.2, 0.25) is 0 Å². The number of ether oxygens (including phenoxy) is 1. The Hall–Kier alpha value is -2.20. The van der Waals surface area contributed by atoms with Crippen LogP contribution >= 0.6 is 11.8 Å². The van der Waals surface area contributed by atoms with Crippen molar-refractivity contribution in [3.8, 4) is 11.3 Å². The number of carbonyl (C=O) groups excluding carboxylic acids is 1. The first-order valence-corrected chi connectivity index (χ1v) is 11.3. The van der Waals surface area contributed by atoms with E-state index in [1.54, 1.807) is 13.2 Å². The van der Waals surface area contributed by atoms with Crippen molar-refractivity contribution in [2.75, 3.05) is 45.6 Å². The number of methoxy groups -OCH3 is 1. The minimum Gasteiger partial charge on any atom is -0.740 e. The van der Waals surface area contributed by atoms with E-state index in [0.717, 1.165) is 60.9 Å². The number of nitrogens with one attached hydrogen (secondary N) is 1. The second-order valence-electron chi connectivity index (χ2n) is 7.85. The molecular weight excluding hydrogens is 414 g/mol. The zero-order valence-electron chi connectivity index (χ0n) is 18.4. The van der Waals surface area contributed by atoms with Crippen molar-refractivity contribution in [3.63, 3.8) is 0 Å². The van der Waals surface area contributed by atoms with Crippen molar-refractivity contribution in [1.29, 1.82) is 0 Å². The second-order valence-corrected chi connectivity index (χ2v) is 8.93. The van der Waals surface area contributed by atoms with Gasteiger partial charge in [0.2, 0.25) is 5.12 Å². The highest BCUT2D eigenvalue weighted by atomic mass is 32.2. The van der Waals surface area contributed by atoms with Crippen molar-refractivity contribution >= 4 is 22.8 Å². The molecule has 0 saturated heterocycles. The zero-order valence-corrected chi connectivity index (χ0v) is 19.3. The van der Waals surface area contributed by atoms with Crippen LogP contribution in [0.1, 0.15) is 29.5 Å². The molecule has 3 N–H and O–H groups in total. The van der Waals surface area contributed by atoms with E-state index in [1.807, 2.05) is 13.0 Å². The summed E-state index contributed by atoms with van der Waals surface area (Å²) < 4.78 is 5.83. The Labute approximate surface area is 187 Å². The number of thioether (sulfide) groups is 1. The Kier molecular flexibility index (Phi) is 8.25. The first kappa shape index (κ1) is 23.5. The van der Waals surface area contributed by atoms with Gasteiger partial charge >= 0.3 is 5.95 Å². The molecule has 0 spiro atoms. The number of fused-ring (bicyclic) bond motifs is 5. The summed E-state index contributed by atoms with van der Waals surface area (Å²) in [4.78, 5) is 19.0. The Morgan fingerprint density at radius 3 is 2.87 bits per heavy atom. The van der Waals surface area contributed by atoms with Crippen LogP contribution in [0.25, 0.3) is 11.3 Å². The molecule has 2 aromatic rings. The van der Waals surface area contributed by atoms with Gasteiger partial charge in [-0.15, -0.1) is 0 Å². The molecule has 2 heterocycles. The molecule has 3 rings (SSSR count). The number of aryl methyl sites for hydroxylation is 2. The molecule has 1 aliphatic heterocycles. The fraction of sp³-hybridized carbons (Fsp3) is 0.500. The van der Waals surface area contributed by atoms with Crippen LogP contribution in [0.5, 0.6) is 0 Å². The topological polar surface area (TPSA) is 107 Å². The van der Waals surface area contributed by atoms with E-state index in [9.17, 15) is 10.0 Å². The van der Waals surface area contributed by atoms with E-state index in [2.05, 4.69) is 28.2 Å². The quantitative estimate of drug-likeness (QED) is 0.420. The lowest BCUT2D eigenvalue weighted by molar-refractivity contribution is -0.581. The van der Waals surface area contributed by atoms with Crippen LogP contribution in [0.15, 0.2) is 23.2 Å². The summed E-state index contributed by atoms with van der Waals surface area (Å²) in [5.41, 5.74) is 10.4. The predicted molar refractivity (Wildman–Crippen MR) is 123 cm³/mol. The molecule has 1 aliphatic rings. The van der Waals surface area contributed by atoms with Gasteiger partial charge in [-0.05, 0) is 74.3 Å². The average Bonchev–Trinajstić information content (AvgIpc) is 2.71. The summed E-state index contributed by atoms with van der Waals surface area (Å²) in [7, 11) is 1.66. The molecule has 1 aromatic heterocycles. The normalized spacial score (nSPS) is 16.4. The standard InChI is InChI=1S/C22H31N5O3S/c1-15-10-16(2)18-11-17(15)13-24-6-4-5-7-26(8-9-30-3)14-21(28)31-20-12-19(18)27(29)22(23)25-20/h10-12,24H,4-9,13-14H2,1-3H3,(H2,23,25). The maximum Gasteiger partial charge on any atom is 0.391 e. The second kappa shape index (κ2) is 10.9. The number of nitrogens with zero attached hydrogens (tertiary/aromatic N) is 3. The molecule has 0 amide bonds. The molecule has 0 aliphatic carbocycles. The summed E-state index contributed by atoms with van der Waals surface area (Å²) in [6.07, 6.45) is 2.00. The van der Waals surface area contributed by atoms with Crippen LogP contribution in [0.3, 0.4) is 0 Å². The van der Waals surface area contributed by atoms with Crippen molar-refractivity contribution in [2.24, 2.45) is 0 Å². The number of anilines is 1. The summed E-state index contributed by atoms with van der Waals surface area (Å²) in [5, 5.41) is 16.6. The molecule has 0 atom stereocenters. The molecule has 0 radical (unpaired) electrons. The number of hydrogen-bond donors (Lipinski definition) is 2. The minimum atomic E-state index is -0.162. The van der Waals surface area contributed by atoms with Gasteiger partial charge in [0.05, 0.1) is 13.2 Å². The van der Waals surface area contributed by atoms with Crippen LogP contribution < -0.4 is 15.8 Å². The largest absolute Gasteiger partial charge is 0.740 e.